The van der Waals surface area contributed by atoms with Crippen molar-refractivity contribution in [1.29, 1.82) is 0 Å². The van der Waals surface area contributed by atoms with E-state index in [0.717, 1.165) is 44.7 Å². The van der Waals surface area contributed by atoms with E-state index in [2.05, 4.69) is 173 Å². The van der Waals surface area contributed by atoms with Gasteiger partial charge in [-0.05, 0) is 78.2 Å². The standard InChI is InChI=1S/C46H28N2OS/c1-2-11-30(12-3-1)48-39-16-7-4-13-33(39)38-28-32(24-26-40(38)48)47(41-17-10-19-43-45(41)36-15-5-8-18-42(36)49-43)31-23-21-29-22-25-35-34-14-6-9-20-44(34)50-46(35)37(29)27-31/h1-28H. The van der Waals surface area contributed by atoms with Crippen molar-refractivity contribution in [2.24, 2.45) is 0 Å². The number of thiophene rings is 1. The Kier molecular flexibility index (Phi) is 5.83. The average Bonchev–Trinajstić information content (AvgIpc) is 3.85. The third-order valence-corrected chi connectivity index (χ3v) is 11.4. The molecule has 0 fully saturated rings. The largest absolute Gasteiger partial charge is 0.456 e. The maximum Gasteiger partial charge on any atom is 0.137 e. The number of anilines is 3. The topological polar surface area (TPSA) is 21.3 Å². The number of benzene rings is 8. The van der Waals surface area contributed by atoms with Crippen LogP contribution >= 0.6 is 11.3 Å². The zero-order chi connectivity index (χ0) is 32.8. The van der Waals surface area contributed by atoms with Crippen LogP contribution in [0.2, 0.25) is 0 Å². The molecular weight excluding hydrogens is 629 g/mol. The summed E-state index contributed by atoms with van der Waals surface area (Å²) in [5.74, 6) is 0. The second-order valence-corrected chi connectivity index (χ2v) is 14.0. The summed E-state index contributed by atoms with van der Waals surface area (Å²) in [6, 6.07) is 61.3. The van der Waals surface area contributed by atoms with Gasteiger partial charge in [-0.2, -0.15) is 0 Å². The van der Waals surface area contributed by atoms with Crippen LogP contribution in [-0.2, 0) is 0 Å². The quantitative estimate of drug-likeness (QED) is 0.188. The number of aromatic nitrogens is 1. The molecule has 8 aromatic carbocycles. The number of para-hydroxylation sites is 3. The highest BCUT2D eigenvalue weighted by molar-refractivity contribution is 7.26. The lowest BCUT2D eigenvalue weighted by molar-refractivity contribution is 0.669. The first-order valence-corrected chi connectivity index (χ1v) is 17.7. The molecule has 0 aliphatic carbocycles. The van der Waals surface area contributed by atoms with E-state index >= 15 is 0 Å². The lowest BCUT2D eigenvalue weighted by atomic mass is 10.0. The van der Waals surface area contributed by atoms with E-state index in [0.29, 0.717) is 0 Å². The lowest BCUT2D eigenvalue weighted by Crippen LogP contribution is -2.10. The maximum atomic E-state index is 6.43. The Morgan fingerprint density at radius 1 is 0.460 bits per heavy atom. The Morgan fingerprint density at radius 2 is 1.14 bits per heavy atom. The lowest BCUT2D eigenvalue weighted by Gasteiger charge is -2.27. The van der Waals surface area contributed by atoms with Crippen LogP contribution in [0.3, 0.4) is 0 Å². The van der Waals surface area contributed by atoms with Crippen LogP contribution in [0.4, 0.5) is 17.1 Å². The van der Waals surface area contributed by atoms with Gasteiger partial charge in [-0.3, -0.25) is 0 Å². The van der Waals surface area contributed by atoms with Crippen molar-refractivity contribution in [2.45, 2.75) is 0 Å². The van der Waals surface area contributed by atoms with Crippen LogP contribution in [0.25, 0.3) is 80.4 Å². The summed E-state index contributed by atoms with van der Waals surface area (Å²) in [6.45, 7) is 0. The van der Waals surface area contributed by atoms with Gasteiger partial charge in [-0.1, -0.05) is 97.1 Å². The van der Waals surface area contributed by atoms with Crippen molar-refractivity contribution >= 4 is 103 Å². The van der Waals surface area contributed by atoms with Gasteiger partial charge in [-0.15, -0.1) is 11.3 Å². The fourth-order valence-electron chi connectivity index (χ4n) is 7.95. The highest BCUT2D eigenvalue weighted by atomic mass is 32.1. The molecule has 11 aromatic rings. The molecule has 0 saturated heterocycles. The molecule has 0 bridgehead atoms. The van der Waals surface area contributed by atoms with Gasteiger partial charge in [0.1, 0.15) is 11.2 Å². The second-order valence-electron chi connectivity index (χ2n) is 12.9. The van der Waals surface area contributed by atoms with E-state index in [4.69, 9.17) is 4.42 Å². The first-order chi connectivity index (χ1) is 24.8. The number of rotatable bonds is 4. The molecule has 0 unspecified atom stereocenters. The Labute approximate surface area is 291 Å². The summed E-state index contributed by atoms with van der Waals surface area (Å²) in [4.78, 5) is 2.42. The summed E-state index contributed by atoms with van der Waals surface area (Å²) in [7, 11) is 0. The fourth-order valence-corrected chi connectivity index (χ4v) is 9.18. The average molecular weight is 657 g/mol. The summed E-state index contributed by atoms with van der Waals surface area (Å²) < 4.78 is 11.4. The fraction of sp³-hybridized carbons (Fsp3) is 0. The van der Waals surface area contributed by atoms with Crippen molar-refractivity contribution in [2.75, 3.05) is 4.90 Å². The van der Waals surface area contributed by atoms with E-state index in [-0.39, 0.29) is 0 Å². The van der Waals surface area contributed by atoms with Crippen LogP contribution in [-0.4, -0.2) is 4.57 Å². The van der Waals surface area contributed by atoms with Gasteiger partial charge < -0.3 is 13.9 Å². The van der Waals surface area contributed by atoms with Crippen molar-refractivity contribution in [3.63, 3.8) is 0 Å². The number of hydrogen-bond donors (Lipinski definition) is 0. The molecule has 11 rings (SSSR count). The highest BCUT2D eigenvalue weighted by Crippen LogP contribution is 2.46. The summed E-state index contributed by atoms with van der Waals surface area (Å²) >= 11 is 1.88. The Bertz CT molecular complexity index is 3110. The molecule has 3 aromatic heterocycles. The predicted molar refractivity (Wildman–Crippen MR) is 213 cm³/mol. The Balaban J connectivity index is 1.22. The number of hydrogen-bond acceptors (Lipinski definition) is 3. The van der Waals surface area contributed by atoms with Gasteiger partial charge in [0.05, 0.1) is 22.1 Å². The molecule has 0 N–H and O–H groups in total. The molecule has 0 aliphatic rings. The molecule has 4 heteroatoms. The van der Waals surface area contributed by atoms with Crippen LogP contribution < -0.4 is 4.90 Å². The van der Waals surface area contributed by atoms with Crippen LogP contribution in [0.1, 0.15) is 0 Å². The van der Waals surface area contributed by atoms with Crippen LogP contribution in [0.15, 0.2) is 174 Å². The third kappa shape index (κ3) is 3.97. The van der Waals surface area contributed by atoms with Crippen molar-refractivity contribution in [1.82, 2.24) is 4.57 Å². The highest BCUT2D eigenvalue weighted by Gasteiger charge is 2.22. The number of fused-ring (bicyclic) bond motifs is 11. The second kappa shape index (κ2) is 10.6. The number of furan rings is 1. The van der Waals surface area contributed by atoms with Gasteiger partial charge >= 0.3 is 0 Å². The monoisotopic (exact) mass is 656 g/mol. The van der Waals surface area contributed by atoms with Gasteiger partial charge in [0, 0.05) is 58.8 Å². The molecule has 0 radical (unpaired) electrons. The van der Waals surface area contributed by atoms with Gasteiger partial charge in [0.15, 0.2) is 0 Å². The summed E-state index contributed by atoms with van der Waals surface area (Å²) in [5.41, 5.74) is 8.57. The molecule has 50 heavy (non-hydrogen) atoms. The van der Waals surface area contributed by atoms with Crippen LogP contribution in [0.5, 0.6) is 0 Å². The zero-order valence-corrected chi connectivity index (χ0v) is 27.7. The smallest absolute Gasteiger partial charge is 0.137 e. The minimum atomic E-state index is 0.878. The minimum absolute atomic E-state index is 0.878. The van der Waals surface area contributed by atoms with Crippen molar-refractivity contribution < 1.29 is 4.42 Å². The van der Waals surface area contributed by atoms with E-state index in [9.17, 15) is 0 Å². The SMILES string of the molecule is c1ccc(-n2c3ccccc3c3cc(N(c4ccc5ccc6c7ccccc7sc6c5c4)c4cccc5oc6ccccc6c45)ccc32)cc1. The minimum Gasteiger partial charge on any atom is -0.456 e. The van der Waals surface area contributed by atoms with Gasteiger partial charge in [0.25, 0.3) is 0 Å². The molecule has 3 heterocycles. The molecule has 0 atom stereocenters. The molecule has 0 saturated carbocycles. The van der Waals surface area contributed by atoms with Gasteiger partial charge in [-0.25, -0.2) is 0 Å². The Hall–Kier alpha value is -6.36. The zero-order valence-electron chi connectivity index (χ0n) is 26.9. The summed E-state index contributed by atoms with van der Waals surface area (Å²) in [6.07, 6.45) is 0. The first-order valence-electron chi connectivity index (χ1n) is 16.9. The van der Waals surface area contributed by atoms with E-state index < -0.39 is 0 Å². The first kappa shape index (κ1) is 27.6. The maximum absolute atomic E-state index is 6.43. The summed E-state index contributed by atoms with van der Waals surface area (Å²) in [5, 5.41) is 9.77. The molecule has 234 valence electrons. The van der Waals surface area contributed by atoms with Crippen molar-refractivity contribution in [3.8, 4) is 5.69 Å². The van der Waals surface area contributed by atoms with Crippen LogP contribution in [0, 0.1) is 0 Å². The van der Waals surface area contributed by atoms with E-state index in [1.165, 1.54) is 52.8 Å². The number of nitrogens with zero attached hydrogens (tertiary/aromatic N) is 2. The molecule has 0 spiro atoms. The van der Waals surface area contributed by atoms with E-state index in [1.807, 2.05) is 17.4 Å². The van der Waals surface area contributed by atoms with Gasteiger partial charge in [0.2, 0.25) is 0 Å². The normalized spacial score (nSPS) is 12.0. The Morgan fingerprint density at radius 3 is 2.04 bits per heavy atom. The van der Waals surface area contributed by atoms with Crippen molar-refractivity contribution in [3.05, 3.63) is 170 Å². The molecule has 0 amide bonds. The van der Waals surface area contributed by atoms with E-state index in [1.54, 1.807) is 0 Å². The third-order valence-electron chi connectivity index (χ3n) is 10.2. The molecular formula is C46H28N2OS. The molecule has 3 nitrogen and oxygen atoms in total. The molecule has 0 aliphatic heterocycles. The predicted octanol–water partition coefficient (Wildman–Crippen LogP) is 13.7.